The third-order valence-corrected chi connectivity index (χ3v) is 5.63. The molecule has 0 radical (unpaired) electrons. The Kier molecular flexibility index (Phi) is 9.86. The molecule has 1 atom stereocenters. The average Bonchev–Trinajstić information content (AvgIpc) is 2.89. The molecule has 0 spiro atoms. The van der Waals surface area contributed by atoms with Gasteiger partial charge in [-0.3, -0.25) is 9.59 Å². The second-order valence-electron chi connectivity index (χ2n) is 8.94. The predicted molar refractivity (Wildman–Crippen MR) is 137 cm³/mol. The number of hydrogen-bond donors (Lipinski definition) is 1. The number of hydrogen-bond acceptors (Lipinski definition) is 4. The summed E-state index contributed by atoms with van der Waals surface area (Å²) >= 11 is 0. The number of carbonyl (C=O) groups is 2. The van der Waals surface area contributed by atoms with Gasteiger partial charge in [0.25, 0.3) is 5.91 Å². The van der Waals surface area contributed by atoms with Crippen molar-refractivity contribution >= 4 is 11.8 Å². The van der Waals surface area contributed by atoms with Crippen LogP contribution < -0.4 is 14.8 Å². The van der Waals surface area contributed by atoms with Crippen molar-refractivity contribution in [2.24, 2.45) is 5.92 Å². The molecule has 3 aromatic rings. The van der Waals surface area contributed by atoms with Crippen LogP contribution in [0.4, 0.5) is 4.39 Å². The normalized spacial score (nSPS) is 11.6. The van der Waals surface area contributed by atoms with E-state index in [1.807, 2.05) is 68.4 Å². The van der Waals surface area contributed by atoms with E-state index in [-0.39, 0.29) is 24.1 Å². The quantitative estimate of drug-likeness (QED) is 0.401. The lowest BCUT2D eigenvalue weighted by atomic mass is 10.0. The fourth-order valence-corrected chi connectivity index (χ4v) is 3.73. The van der Waals surface area contributed by atoms with Gasteiger partial charge in [-0.25, -0.2) is 4.39 Å². The van der Waals surface area contributed by atoms with E-state index >= 15 is 0 Å². The third-order valence-electron chi connectivity index (χ3n) is 5.63. The summed E-state index contributed by atoms with van der Waals surface area (Å²) < 4.78 is 24.9. The van der Waals surface area contributed by atoms with Gasteiger partial charge in [-0.1, -0.05) is 68.4 Å². The van der Waals surface area contributed by atoms with Crippen LogP contribution in [0.2, 0.25) is 0 Å². The molecule has 0 saturated carbocycles. The monoisotopic (exact) mass is 492 g/mol. The first-order valence-corrected chi connectivity index (χ1v) is 12.0. The fraction of sp³-hybridized carbons (Fsp3) is 0.310. The molecule has 0 unspecified atom stereocenters. The number of benzene rings is 3. The minimum absolute atomic E-state index is 0.0175. The molecule has 0 bridgehead atoms. The molecule has 0 fully saturated rings. The Hall–Kier alpha value is -3.87. The highest BCUT2D eigenvalue weighted by molar-refractivity contribution is 5.88. The van der Waals surface area contributed by atoms with Crippen molar-refractivity contribution in [3.8, 4) is 11.5 Å². The van der Waals surface area contributed by atoms with Crippen LogP contribution in [0, 0.1) is 11.7 Å². The Morgan fingerprint density at radius 2 is 1.64 bits per heavy atom. The highest BCUT2D eigenvalue weighted by Crippen LogP contribution is 2.20. The molecule has 2 amide bonds. The van der Waals surface area contributed by atoms with Gasteiger partial charge < -0.3 is 19.7 Å². The predicted octanol–water partition coefficient (Wildman–Crippen LogP) is 4.63. The highest BCUT2D eigenvalue weighted by atomic mass is 19.1. The molecule has 0 aromatic heterocycles. The topological polar surface area (TPSA) is 67.9 Å². The van der Waals surface area contributed by atoms with Crippen LogP contribution >= 0.6 is 0 Å². The number of nitrogens with zero attached hydrogens (tertiary/aromatic N) is 1. The zero-order valence-corrected chi connectivity index (χ0v) is 20.9. The molecular formula is C29H33FN2O4. The Balaban J connectivity index is 1.92. The van der Waals surface area contributed by atoms with Gasteiger partial charge in [0, 0.05) is 19.5 Å². The summed E-state index contributed by atoms with van der Waals surface area (Å²) in [5, 5.41) is 2.97. The number of carbonyl (C=O) groups excluding carboxylic acids is 2. The molecule has 3 aromatic carbocycles. The van der Waals surface area contributed by atoms with Crippen molar-refractivity contribution in [3.05, 3.63) is 95.8 Å². The SMILES string of the molecule is COc1cccc(CN(C(=O)COc2ccccc2F)[C@@H](Cc2ccccc2)C(=O)NCC(C)C)c1. The molecule has 0 aliphatic rings. The van der Waals surface area contributed by atoms with E-state index in [0.29, 0.717) is 18.7 Å². The van der Waals surface area contributed by atoms with Crippen molar-refractivity contribution < 1.29 is 23.5 Å². The molecule has 0 aliphatic heterocycles. The number of ether oxygens (including phenoxy) is 2. The largest absolute Gasteiger partial charge is 0.497 e. The minimum Gasteiger partial charge on any atom is -0.497 e. The van der Waals surface area contributed by atoms with Crippen molar-refractivity contribution in [3.63, 3.8) is 0 Å². The summed E-state index contributed by atoms with van der Waals surface area (Å²) in [4.78, 5) is 28.4. The lowest BCUT2D eigenvalue weighted by Crippen LogP contribution is -2.52. The van der Waals surface area contributed by atoms with Gasteiger partial charge in [-0.2, -0.15) is 0 Å². The van der Waals surface area contributed by atoms with Crippen LogP contribution in [0.25, 0.3) is 0 Å². The molecule has 7 heteroatoms. The van der Waals surface area contributed by atoms with E-state index in [2.05, 4.69) is 5.32 Å². The third kappa shape index (κ3) is 7.83. The summed E-state index contributed by atoms with van der Waals surface area (Å²) in [7, 11) is 1.57. The smallest absolute Gasteiger partial charge is 0.261 e. The molecule has 0 heterocycles. The first-order valence-electron chi connectivity index (χ1n) is 12.0. The Morgan fingerprint density at radius 1 is 0.944 bits per heavy atom. The number of methoxy groups -OCH3 is 1. The van der Waals surface area contributed by atoms with Crippen molar-refractivity contribution in [2.45, 2.75) is 32.9 Å². The second-order valence-corrected chi connectivity index (χ2v) is 8.94. The summed E-state index contributed by atoms with van der Waals surface area (Å²) in [6.45, 7) is 4.25. The van der Waals surface area contributed by atoms with E-state index in [1.165, 1.54) is 17.0 Å². The van der Waals surface area contributed by atoms with E-state index < -0.39 is 24.4 Å². The molecule has 190 valence electrons. The maximum absolute atomic E-state index is 14.1. The van der Waals surface area contributed by atoms with Crippen LogP contribution in [-0.2, 0) is 22.6 Å². The minimum atomic E-state index is -0.797. The number of halogens is 1. The van der Waals surface area contributed by atoms with Gasteiger partial charge >= 0.3 is 0 Å². The molecule has 3 rings (SSSR count). The number of rotatable bonds is 12. The van der Waals surface area contributed by atoms with E-state index in [0.717, 1.165) is 11.1 Å². The van der Waals surface area contributed by atoms with Gasteiger partial charge in [0.2, 0.25) is 5.91 Å². The van der Waals surface area contributed by atoms with Gasteiger partial charge in [-0.05, 0) is 41.3 Å². The zero-order chi connectivity index (χ0) is 25.9. The highest BCUT2D eigenvalue weighted by Gasteiger charge is 2.31. The van der Waals surface area contributed by atoms with Crippen molar-refractivity contribution in [2.75, 3.05) is 20.3 Å². The Morgan fingerprint density at radius 3 is 2.33 bits per heavy atom. The van der Waals surface area contributed by atoms with E-state index in [1.54, 1.807) is 19.2 Å². The molecular weight excluding hydrogens is 459 g/mol. The van der Waals surface area contributed by atoms with Crippen LogP contribution in [-0.4, -0.2) is 43.0 Å². The first kappa shape index (κ1) is 26.7. The maximum Gasteiger partial charge on any atom is 0.261 e. The van der Waals surface area contributed by atoms with Crippen LogP contribution in [0.1, 0.15) is 25.0 Å². The van der Waals surface area contributed by atoms with Crippen LogP contribution in [0.3, 0.4) is 0 Å². The van der Waals surface area contributed by atoms with Gasteiger partial charge in [0.1, 0.15) is 11.8 Å². The number of nitrogens with one attached hydrogen (secondary N) is 1. The summed E-state index contributed by atoms with van der Waals surface area (Å²) in [6.07, 6.45) is 0.320. The Bertz CT molecular complexity index is 1140. The van der Waals surface area contributed by atoms with Crippen molar-refractivity contribution in [1.29, 1.82) is 0 Å². The molecule has 0 aliphatic carbocycles. The average molecular weight is 493 g/mol. The Labute approximate surface area is 212 Å². The van der Waals surface area contributed by atoms with E-state index in [4.69, 9.17) is 9.47 Å². The second kappa shape index (κ2) is 13.3. The van der Waals surface area contributed by atoms with Crippen LogP contribution in [0.5, 0.6) is 11.5 Å². The van der Waals surface area contributed by atoms with Crippen LogP contribution in [0.15, 0.2) is 78.9 Å². The summed E-state index contributed by atoms with van der Waals surface area (Å²) in [5.74, 6) is -0.364. The molecule has 1 N–H and O–H groups in total. The summed E-state index contributed by atoms with van der Waals surface area (Å²) in [5.41, 5.74) is 1.71. The standard InChI is InChI=1S/C29H33FN2O4/c1-21(2)18-31-29(34)26(17-22-10-5-4-6-11-22)32(19-23-12-9-13-24(16-23)35-3)28(33)20-36-27-15-8-7-14-25(27)30/h4-16,21,26H,17-20H2,1-3H3,(H,31,34)/t26-/m0/s1. The molecule has 6 nitrogen and oxygen atoms in total. The molecule has 36 heavy (non-hydrogen) atoms. The van der Waals surface area contributed by atoms with Gasteiger partial charge in [0.05, 0.1) is 7.11 Å². The summed E-state index contributed by atoms with van der Waals surface area (Å²) in [6, 6.07) is 22.0. The van der Waals surface area contributed by atoms with E-state index in [9.17, 15) is 14.0 Å². The number of para-hydroxylation sites is 1. The fourth-order valence-electron chi connectivity index (χ4n) is 3.73. The zero-order valence-electron chi connectivity index (χ0n) is 20.9. The lowest BCUT2D eigenvalue weighted by molar-refractivity contribution is -0.142. The maximum atomic E-state index is 14.1. The van der Waals surface area contributed by atoms with Gasteiger partial charge in [0.15, 0.2) is 18.2 Å². The molecule has 0 saturated heterocycles. The lowest BCUT2D eigenvalue weighted by Gasteiger charge is -2.31. The van der Waals surface area contributed by atoms with Gasteiger partial charge in [-0.15, -0.1) is 0 Å². The number of amides is 2. The first-order chi connectivity index (χ1) is 17.4. The van der Waals surface area contributed by atoms with Crippen molar-refractivity contribution in [1.82, 2.24) is 10.2 Å².